The molecule has 0 aromatic heterocycles. The van der Waals surface area contributed by atoms with Crippen molar-refractivity contribution in [1.82, 2.24) is 0 Å². The Morgan fingerprint density at radius 2 is 1.72 bits per heavy atom. The van der Waals surface area contributed by atoms with Gasteiger partial charge in [-0.3, -0.25) is 14.5 Å². The molecule has 1 fully saturated rings. The lowest BCUT2D eigenvalue weighted by Crippen LogP contribution is -2.28. The van der Waals surface area contributed by atoms with E-state index >= 15 is 0 Å². The smallest absolute Gasteiger partial charge is 0.348 e. The number of carbonyl (C=O) groups excluding carboxylic acids is 3. The summed E-state index contributed by atoms with van der Waals surface area (Å²) in [7, 11) is 0. The van der Waals surface area contributed by atoms with Crippen molar-refractivity contribution in [3.8, 4) is 0 Å². The Bertz CT molecular complexity index is 1370. The van der Waals surface area contributed by atoms with Gasteiger partial charge in [0.15, 0.2) is 5.78 Å². The van der Waals surface area contributed by atoms with Crippen molar-refractivity contribution in [2.45, 2.75) is 44.6 Å². The molecule has 0 heterocycles. The van der Waals surface area contributed by atoms with Crippen LogP contribution in [0.1, 0.15) is 59.5 Å². The highest BCUT2D eigenvalue weighted by molar-refractivity contribution is 7.98. The number of nitrogens with zero attached hydrogens (tertiary/aromatic N) is 4. The van der Waals surface area contributed by atoms with E-state index in [-0.39, 0.29) is 28.5 Å². The van der Waals surface area contributed by atoms with Gasteiger partial charge in [0.05, 0.1) is 17.2 Å². The summed E-state index contributed by atoms with van der Waals surface area (Å²) in [5.41, 5.74) is 15.3. The number of carbonyl (C=O) groups is 3. The first kappa shape index (κ1) is 27.8. The molecule has 4 N–H and O–H groups in total. The van der Waals surface area contributed by atoms with Gasteiger partial charge in [-0.1, -0.05) is 43.5 Å². The van der Waals surface area contributed by atoms with Gasteiger partial charge in [-0.2, -0.15) is 9.98 Å². The van der Waals surface area contributed by atoms with Gasteiger partial charge in [0.1, 0.15) is 0 Å². The maximum absolute atomic E-state index is 13.4. The number of nitrogens with two attached hydrogens (primary N) is 1. The summed E-state index contributed by atoms with van der Waals surface area (Å²) in [6, 6.07) is 13.9. The number of anilines is 1. The second-order valence-corrected chi connectivity index (χ2v) is 9.84. The molecular formula is C28H28N6O4S. The van der Waals surface area contributed by atoms with Gasteiger partial charge in [0, 0.05) is 23.3 Å². The quantitative estimate of drug-likeness (QED) is 0.132. The molecule has 0 radical (unpaired) electrons. The zero-order valence-electron chi connectivity index (χ0n) is 21.1. The molecule has 2 aromatic carbocycles. The average molecular weight is 545 g/mol. The number of urea groups is 1. The average Bonchev–Trinajstić information content (AvgIpc) is 2.97. The van der Waals surface area contributed by atoms with Crippen molar-refractivity contribution >= 4 is 47.1 Å². The van der Waals surface area contributed by atoms with Crippen LogP contribution in [0, 0.1) is 5.53 Å². The van der Waals surface area contributed by atoms with Crippen LogP contribution in [0.2, 0.25) is 0 Å². The zero-order chi connectivity index (χ0) is 27.8. The Labute approximate surface area is 230 Å². The molecular weight excluding hydrogens is 516 g/mol. The van der Waals surface area contributed by atoms with E-state index in [1.165, 1.54) is 48.0 Å². The maximum atomic E-state index is 13.4. The normalized spacial score (nSPS) is 17.2. The Hall–Kier alpha value is -4.22. The maximum Gasteiger partial charge on any atom is 0.348 e. The van der Waals surface area contributed by atoms with Crippen LogP contribution in [0.25, 0.3) is 0 Å². The van der Waals surface area contributed by atoms with Crippen LogP contribution in [0.15, 0.2) is 86.8 Å². The van der Waals surface area contributed by atoms with Crippen LogP contribution in [-0.4, -0.2) is 33.9 Å². The van der Waals surface area contributed by atoms with Gasteiger partial charge < -0.3 is 10.3 Å². The van der Waals surface area contributed by atoms with E-state index < -0.39 is 17.9 Å². The van der Waals surface area contributed by atoms with Gasteiger partial charge in [0.2, 0.25) is 5.96 Å². The van der Waals surface area contributed by atoms with Crippen LogP contribution in [0.3, 0.4) is 0 Å². The second-order valence-electron chi connectivity index (χ2n) is 9.21. The number of hydrogen-bond acceptors (Lipinski definition) is 6. The van der Waals surface area contributed by atoms with Crippen LogP contribution in [0.5, 0.6) is 0 Å². The van der Waals surface area contributed by atoms with Crippen molar-refractivity contribution in [2.75, 3.05) is 4.90 Å². The fourth-order valence-corrected chi connectivity index (χ4v) is 4.90. The first-order chi connectivity index (χ1) is 18.9. The van der Waals surface area contributed by atoms with E-state index in [1.54, 1.807) is 24.3 Å². The molecule has 3 amide bonds. The number of allylic oxidation sites excluding steroid dienone is 4. The van der Waals surface area contributed by atoms with Gasteiger partial charge in [-0.15, -0.1) is 5.11 Å². The molecule has 0 bridgehead atoms. The largest absolute Gasteiger partial charge is 0.366 e. The SMILES string of the molecule is N=NC(N)=NC(=O)c1ccc(CN(C(=O)N=C2C=CC(=O)C(SO)=C2)c2ccc(C3CCCCC3)cc2)cc1. The molecule has 0 aliphatic heterocycles. The van der Waals surface area contributed by atoms with Crippen LogP contribution in [0.4, 0.5) is 10.5 Å². The Kier molecular flexibility index (Phi) is 9.29. The third kappa shape index (κ3) is 7.21. The molecule has 0 atom stereocenters. The summed E-state index contributed by atoms with van der Waals surface area (Å²) in [5.74, 6) is -0.907. The molecule has 0 saturated heterocycles. The summed E-state index contributed by atoms with van der Waals surface area (Å²) in [5, 5.41) is 2.92. The minimum absolute atomic E-state index is 0.0780. The zero-order valence-corrected chi connectivity index (χ0v) is 21.9. The summed E-state index contributed by atoms with van der Waals surface area (Å²) in [6.45, 7) is 0.161. The molecule has 2 aromatic rings. The highest BCUT2D eigenvalue weighted by atomic mass is 32.2. The fourth-order valence-electron chi connectivity index (χ4n) is 4.57. The molecule has 2 aliphatic carbocycles. The molecule has 200 valence electrons. The molecule has 39 heavy (non-hydrogen) atoms. The van der Waals surface area contributed by atoms with E-state index in [0.717, 1.165) is 18.4 Å². The van der Waals surface area contributed by atoms with Crippen molar-refractivity contribution in [2.24, 2.45) is 20.8 Å². The molecule has 2 aliphatic rings. The number of nitrogens with one attached hydrogen (secondary N) is 1. The van der Waals surface area contributed by atoms with Crippen LogP contribution < -0.4 is 10.6 Å². The number of guanidine groups is 1. The highest BCUT2D eigenvalue weighted by Gasteiger charge is 2.20. The monoisotopic (exact) mass is 544 g/mol. The minimum Gasteiger partial charge on any atom is -0.366 e. The molecule has 10 nitrogen and oxygen atoms in total. The molecule has 1 saturated carbocycles. The number of benzene rings is 2. The Balaban J connectivity index is 1.61. The van der Waals surface area contributed by atoms with Crippen molar-refractivity contribution in [3.05, 3.63) is 88.4 Å². The predicted molar refractivity (Wildman–Crippen MR) is 151 cm³/mol. The number of aliphatic imine (C=N–C) groups is 2. The number of amides is 3. The first-order valence-electron chi connectivity index (χ1n) is 12.5. The third-order valence-electron chi connectivity index (χ3n) is 6.63. The van der Waals surface area contributed by atoms with E-state index in [2.05, 4.69) is 27.2 Å². The van der Waals surface area contributed by atoms with Crippen molar-refractivity contribution in [3.63, 3.8) is 0 Å². The summed E-state index contributed by atoms with van der Waals surface area (Å²) in [4.78, 5) is 46.7. The molecule has 4 rings (SSSR count). The van der Waals surface area contributed by atoms with Gasteiger partial charge in [-0.05, 0) is 72.4 Å². The standard InChI is InChI=1S/C28H28N6O4S/c29-27(33-30)32-26(36)21-8-6-18(7-9-21)17-34(28(37)31-22-12-15-24(35)25(16-22)39-38)23-13-10-20(11-14-23)19-4-2-1-3-5-19/h6-16,19,30,38H,1-5,17H2,(H2,29,32,36). The fraction of sp³-hybridized carbons (Fsp3) is 0.250. The molecule has 0 unspecified atom stereocenters. The second kappa shape index (κ2) is 13.0. The highest BCUT2D eigenvalue weighted by Crippen LogP contribution is 2.33. The topological polar surface area (TPSA) is 162 Å². The van der Waals surface area contributed by atoms with Crippen LogP contribution >= 0.6 is 12.0 Å². The summed E-state index contributed by atoms with van der Waals surface area (Å²) >= 11 is 0.309. The Morgan fingerprint density at radius 3 is 2.36 bits per heavy atom. The predicted octanol–water partition coefficient (Wildman–Crippen LogP) is 6.02. The number of hydrogen-bond donors (Lipinski definition) is 3. The van der Waals surface area contributed by atoms with Crippen LogP contribution in [-0.2, 0) is 11.3 Å². The van der Waals surface area contributed by atoms with Gasteiger partial charge in [-0.25, -0.2) is 10.3 Å². The lowest BCUT2D eigenvalue weighted by molar-refractivity contribution is -0.110. The van der Waals surface area contributed by atoms with Crippen molar-refractivity contribution < 1.29 is 18.9 Å². The Morgan fingerprint density at radius 1 is 1.03 bits per heavy atom. The third-order valence-corrected chi connectivity index (χ3v) is 7.15. The van der Waals surface area contributed by atoms with Gasteiger partial charge >= 0.3 is 6.03 Å². The molecule has 11 heteroatoms. The molecule has 0 spiro atoms. The van der Waals surface area contributed by atoms with Crippen molar-refractivity contribution in [1.29, 1.82) is 5.53 Å². The minimum atomic E-state index is -0.629. The lowest BCUT2D eigenvalue weighted by atomic mass is 9.84. The lowest BCUT2D eigenvalue weighted by Gasteiger charge is -2.24. The summed E-state index contributed by atoms with van der Waals surface area (Å²) in [6.07, 6.45) is 10.1. The number of ketones is 1. The number of rotatable bonds is 6. The van der Waals surface area contributed by atoms with Gasteiger partial charge in [0.25, 0.3) is 5.91 Å². The first-order valence-corrected chi connectivity index (χ1v) is 13.3. The van der Waals surface area contributed by atoms with E-state index in [9.17, 15) is 18.9 Å². The van der Waals surface area contributed by atoms with E-state index in [1.807, 2.05) is 12.1 Å². The summed E-state index contributed by atoms with van der Waals surface area (Å²) < 4.78 is 9.34. The van der Waals surface area contributed by atoms with E-state index in [0.29, 0.717) is 23.6 Å². The van der Waals surface area contributed by atoms with E-state index in [4.69, 9.17) is 11.3 Å².